The first-order valence-electron chi connectivity index (χ1n) is 7.53. The van der Waals surface area contributed by atoms with E-state index in [4.69, 9.17) is 9.47 Å². The van der Waals surface area contributed by atoms with Crippen LogP contribution >= 0.6 is 0 Å². The van der Waals surface area contributed by atoms with Crippen LogP contribution in [0.25, 0.3) is 0 Å². The van der Waals surface area contributed by atoms with E-state index in [1.54, 1.807) is 0 Å². The van der Waals surface area contributed by atoms with Crippen molar-refractivity contribution >= 4 is 21.6 Å². The second-order valence-corrected chi connectivity index (χ2v) is 7.59. The maximum absolute atomic E-state index is 12.8. The van der Waals surface area contributed by atoms with E-state index in [9.17, 15) is 17.6 Å². The number of hydrogen-bond acceptors (Lipinski definition) is 5. The van der Waals surface area contributed by atoms with Gasteiger partial charge < -0.3 is 14.8 Å². The third-order valence-electron chi connectivity index (χ3n) is 3.41. The van der Waals surface area contributed by atoms with E-state index < -0.39 is 21.7 Å². The fraction of sp³-hybridized carbons (Fsp3) is 0.235. The third kappa shape index (κ3) is 4.70. The van der Waals surface area contributed by atoms with Gasteiger partial charge >= 0.3 is 0 Å². The summed E-state index contributed by atoms with van der Waals surface area (Å²) in [5.74, 6) is -0.298. The van der Waals surface area contributed by atoms with E-state index in [2.05, 4.69) is 5.32 Å². The fourth-order valence-electron chi connectivity index (χ4n) is 2.02. The molecule has 1 amide bonds. The fourth-order valence-corrected chi connectivity index (χ4v) is 2.95. The Hall–Kier alpha value is -2.65. The molecule has 7 nitrogen and oxygen atoms in total. The average Bonchev–Trinajstić information content (AvgIpc) is 2.61. The quantitative estimate of drug-likeness (QED) is 0.793. The molecule has 0 saturated carbocycles. The molecule has 0 aromatic heterocycles. The Morgan fingerprint density at radius 2 is 1.81 bits per heavy atom. The number of halogens is 1. The van der Waals surface area contributed by atoms with Crippen molar-refractivity contribution in [1.82, 2.24) is 4.31 Å². The van der Waals surface area contributed by atoms with Crippen LogP contribution < -0.4 is 14.8 Å². The number of nitrogens with one attached hydrogen (secondary N) is 1. The van der Waals surface area contributed by atoms with Gasteiger partial charge in [-0.2, -0.15) is 0 Å². The zero-order chi connectivity index (χ0) is 19.3. The van der Waals surface area contributed by atoms with E-state index in [0.717, 1.165) is 4.31 Å². The Morgan fingerprint density at radius 1 is 1.15 bits per heavy atom. The summed E-state index contributed by atoms with van der Waals surface area (Å²) < 4.78 is 48.8. The van der Waals surface area contributed by atoms with Crippen molar-refractivity contribution in [3.8, 4) is 11.5 Å². The maximum atomic E-state index is 12.8. The second-order valence-electron chi connectivity index (χ2n) is 5.44. The topological polar surface area (TPSA) is 84.9 Å². The summed E-state index contributed by atoms with van der Waals surface area (Å²) in [7, 11) is 0.565. The zero-order valence-electron chi connectivity index (χ0n) is 14.5. The number of sulfonamides is 1. The van der Waals surface area contributed by atoms with Gasteiger partial charge in [-0.3, -0.25) is 4.79 Å². The Morgan fingerprint density at radius 3 is 2.38 bits per heavy atom. The lowest BCUT2D eigenvalue weighted by atomic mass is 10.3. The molecule has 2 aromatic rings. The van der Waals surface area contributed by atoms with Gasteiger partial charge in [0.05, 0.1) is 17.7 Å². The molecule has 0 aliphatic rings. The van der Waals surface area contributed by atoms with Crippen LogP contribution in [0.1, 0.15) is 0 Å². The monoisotopic (exact) mass is 382 g/mol. The maximum Gasteiger partial charge on any atom is 0.262 e. The molecule has 9 heteroatoms. The van der Waals surface area contributed by atoms with Crippen LogP contribution in [0.5, 0.6) is 11.5 Å². The minimum absolute atomic E-state index is 0.0121. The molecule has 2 aromatic carbocycles. The first kappa shape index (κ1) is 19.7. The summed E-state index contributed by atoms with van der Waals surface area (Å²) in [5, 5.41) is 2.55. The number of nitrogens with zero attached hydrogens (tertiary/aromatic N) is 1. The lowest BCUT2D eigenvalue weighted by molar-refractivity contribution is -0.118. The summed E-state index contributed by atoms with van der Waals surface area (Å²) in [6.45, 7) is -0.334. The molecule has 0 unspecified atom stereocenters. The van der Waals surface area contributed by atoms with E-state index in [1.807, 2.05) is 0 Å². The summed E-state index contributed by atoms with van der Waals surface area (Å²) in [6.07, 6.45) is 0. The molecule has 0 bridgehead atoms. The Labute approximate surface area is 151 Å². The minimum Gasteiger partial charge on any atom is -0.495 e. The van der Waals surface area contributed by atoms with Crippen molar-refractivity contribution in [1.29, 1.82) is 0 Å². The van der Waals surface area contributed by atoms with Crippen LogP contribution in [0.3, 0.4) is 0 Å². The smallest absolute Gasteiger partial charge is 0.262 e. The number of rotatable bonds is 7. The lowest BCUT2D eigenvalue weighted by Crippen LogP contribution is -2.23. The minimum atomic E-state index is -3.66. The van der Waals surface area contributed by atoms with E-state index in [0.29, 0.717) is 11.5 Å². The molecule has 0 saturated heterocycles. The summed E-state index contributed by atoms with van der Waals surface area (Å²) in [6, 6.07) is 9.37. The molecule has 0 radical (unpaired) electrons. The summed E-state index contributed by atoms with van der Waals surface area (Å²) in [4.78, 5) is 12.1. The van der Waals surface area contributed by atoms with Gasteiger partial charge in [0.15, 0.2) is 6.61 Å². The molecular formula is C17H19FN2O5S. The van der Waals surface area contributed by atoms with Crippen molar-refractivity contribution in [2.45, 2.75) is 4.90 Å². The van der Waals surface area contributed by atoms with Gasteiger partial charge in [-0.15, -0.1) is 0 Å². The molecule has 0 fully saturated rings. The van der Waals surface area contributed by atoms with Crippen LogP contribution in [0.15, 0.2) is 47.4 Å². The first-order valence-corrected chi connectivity index (χ1v) is 8.97. The molecule has 0 aliphatic carbocycles. The van der Waals surface area contributed by atoms with Crippen molar-refractivity contribution in [2.24, 2.45) is 0 Å². The number of carbonyl (C=O) groups is 1. The molecular weight excluding hydrogens is 363 g/mol. The van der Waals surface area contributed by atoms with Crippen LogP contribution in [0.4, 0.5) is 10.1 Å². The van der Waals surface area contributed by atoms with Crippen molar-refractivity contribution < 1.29 is 27.1 Å². The van der Waals surface area contributed by atoms with Crippen LogP contribution in [0.2, 0.25) is 0 Å². The van der Waals surface area contributed by atoms with E-state index in [1.165, 1.54) is 63.7 Å². The van der Waals surface area contributed by atoms with Gasteiger partial charge in [0.1, 0.15) is 17.3 Å². The highest BCUT2D eigenvalue weighted by Gasteiger charge is 2.20. The highest BCUT2D eigenvalue weighted by Crippen LogP contribution is 2.28. The van der Waals surface area contributed by atoms with Gasteiger partial charge in [0.25, 0.3) is 5.91 Å². The Balaban J connectivity index is 2.13. The van der Waals surface area contributed by atoms with Crippen LogP contribution in [-0.4, -0.2) is 46.4 Å². The number of benzene rings is 2. The van der Waals surface area contributed by atoms with Gasteiger partial charge in [0.2, 0.25) is 10.0 Å². The highest BCUT2D eigenvalue weighted by molar-refractivity contribution is 7.89. The molecule has 1 N–H and O–H groups in total. The molecule has 0 heterocycles. The van der Waals surface area contributed by atoms with Gasteiger partial charge in [0, 0.05) is 14.1 Å². The molecule has 0 aliphatic heterocycles. The van der Waals surface area contributed by atoms with Gasteiger partial charge in [-0.25, -0.2) is 17.1 Å². The highest BCUT2D eigenvalue weighted by atomic mass is 32.2. The normalized spacial score (nSPS) is 11.3. The summed E-state index contributed by atoms with van der Waals surface area (Å²) in [5.41, 5.74) is 0.197. The predicted octanol–water partition coefficient (Wildman–Crippen LogP) is 2.10. The Kier molecular flexibility index (Phi) is 6.17. The van der Waals surface area contributed by atoms with Gasteiger partial charge in [-0.05, 0) is 42.5 Å². The number of amides is 1. The van der Waals surface area contributed by atoms with Crippen LogP contribution in [0, 0.1) is 5.82 Å². The molecule has 140 valence electrons. The first-order chi connectivity index (χ1) is 12.2. The number of carbonyl (C=O) groups excluding carboxylic acids is 1. The standard InChI is InChI=1S/C17H19FN2O5S/c1-20(2)26(22,23)14-8-9-16(24-3)15(10-14)19-17(21)11-25-13-6-4-12(18)5-7-13/h4-10H,11H2,1-3H3,(H,19,21). The summed E-state index contributed by atoms with van der Waals surface area (Å²) >= 11 is 0. The molecule has 2 rings (SSSR count). The van der Waals surface area contributed by atoms with Crippen molar-refractivity contribution in [2.75, 3.05) is 33.1 Å². The zero-order valence-corrected chi connectivity index (χ0v) is 15.3. The van der Waals surface area contributed by atoms with Crippen molar-refractivity contribution in [3.05, 3.63) is 48.3 Å². The number of hydrogen-bond donors (Lipinski definition) is 1. The van der Waals surface area contributed by atoms with Gasteiger partial charge in [-0.1, -0.05) is 0 Å². The average molecular weight is 382 g/mol. The molecule has 0 spiro atoms. The molecule has 0 atom stereocenters. The molecule has 26 heavy (non-hydrogen) atoms. The van der Waals surface area contributed by atoms with Crippen LogP contribution in [-0.2, 0) is 14.8 Å². The third-order valence-corrected chi connectivity index (χ3v) is 5.22. The van der Waals surface area contributed by atoms with E-state index >= 15 is 0 Å². The SMILES string of the molecule is COc1ccc(S(=O)(=O)N(C)C)cc1NC(=O)COc1ccc(F)cc1. The largest absolute Gasteiger partial charge is 0.495 e. The number of anilines is 1. The number of ether oxygens (including phenoxy) is 2. The second kappa shape index (κ2) is 8.15. The van der Waals surface area contributed by atoms with E-state index in [-0.39, 0.29) is 17.2 Å². The van der Waals surface area contributed by atoms with Crippen molar-refractivity contribution in [3.63, 3.8) is 0 Å². The lowest BCUT2D eigenvalue weighted by Gasteiger charge is -2.15. The Bertz CT molecular complexity index is 883. The number of methoxy groups -OCH3 is 1. The predicted molar refractivity (Wildman–Crippen MR) is 94.4 cm³/mol.